The Balaban J connectivity index is 1.89. The Morgan fingerprint density at radius 1 is 0.929 bits per heavy atom. The standard InChI is InChI=1S/C20H21ClN2O5/c21-16-8-6-15(7-9-16)12-27-19(25)17(10-11-18(22)24)23-20(26)28-13-14-4-2-1-3-5-14/h1-9,17H,10-13H2,(H2,22,24)(H,23,26)/t17-/m1/s1. The summed E-state index contributed by atoms with van der Waals surface area (Å²) in [6.45, 7) is 0.0544. The van der Waals surface area contributed by atoms with Gasteiger partial charge in [-0.2, -0.15) is 0 Å². The number of alkyl carbamates (subject to hydrolysis) is 1. The van der Waals surface area contributed by atoms with Crippen molar-refractivity contribution in [2.45, 2.75) is 32.1 Å². The van der Waals surface area contributed by atoms with Gasteiger partial charge < -0.3 is 20.5 Å². The van der Waals surface area contributed by atoms with Crippen molar-refractivity contribution in [3.05, 3.63) is 70.7 Å². The van der Waals surface area contributed by atoms with E-state index in [1.807, 2.05) is 18.2 Å². The van der Waals surface area contributed by atoms with Crippen molar-refractivity contribution >= 4 is 29.6 Å². The highest BCUT2D eigenvalue weighted by Crippen LogP contribution is 2.11. The molecule has 0 bridgehead atoms. The molecular formula is C20H21ClN2O5. The molecule has 0 aliphatic heterocycles. The van der Waals surface area contributed by atoms with E-state index in [1.54, 1.807) is 36.4 Å². The van der Waals surface area contributed by atoms with Crippen LogP contribution >= 0.6 is 11.6 Å². The zero-order valence-corrected chi connectivity index (χ0v) is 15.9. The maximum atomic E-state index is 12.3. The molecule has 7 nitrogen and oxygen atoms in total. The number of carbonyl (C=O) groups excluding carboxylic acids is 3. The van der Waals surface area contributed by atoms with Crippen LogP contribution in [0.1, 0.15) is 24.0 Å². The number of halogens is 1. The topological polar surface area (TPSA) is 108 Å². The van der Waals surface area contributed by atoms with Crippen LogP contribution in [0.3, 0.4) is 0 Å². The number of benzene rings is 2. The normalized spacial score (nSPS) is 11.3. The Hall–Kier alpha value is -3.06. The van der Waals surface area contributed by atoms with Crippen molar-refractivity contribution in [2.75, 3.05) is 0 Å². The van der Waals surface area contributed by atoms with Crippen molar-refractivity contribution in [1.29, 1.82) is 0 Å². The van der Waals surface area contributed by atoms with E-state index in [-0.39, 0.29) is 26.1 Å². The molecular weight excluding hydrogens is 384 g/mol. The number of amides is 2. The van der Waals surface area contributed by atoms with E-state index in [4.69, 9.17) is 26.8 Å². The molecule has 0 unspecified atom stereocenters. The van der Waals surface area contributed by atoms with E-state index < -0.39 is 24.0 Å². The minimum Gasteiger partial charge on any atom is -0.459 e. The van der Waals surface area contributed by atoms with E-state index in [0.29, 0.717) is 5.02 Å². The smallest absolute Gasteiger partial charge is 0.408 e. The first-order chi connectivity index (χ1) is 13.4. The van der Waals surface area contributed by atoms with Crippen LogP contribution in [-0.4, -0.2) is 24.0 Å². The average Bonchev–Trinajstić information content (AvgIpc) is 2.69. The van der Waals surface area contributed by atoms with Crippen molar-refractivity contribution in [3.63, 3.8) is 0 Å². The summed E-state index contributed by atoms with van der Waals surface area (Å²) < 4.78 is 10.3. The molecule has 8 heteroatoms. The third kappa shape index (κ3) is 7.67. The zero-order valence-electron chi connectivity index (χ0n) is 15.1. The van der Waals surface area contributed by atoms with Crippen molar-refractivity contribution in [3.8, 4) is 0 Å². The highest BCUT2D eigenvalue weighted by molar-refractivity contribution is 6.30. The Labute approximate surface area is 167 Å². The van der Waals surface area contributed by atoms with E-state index in [1.165, 1.54) is 0 Å². The second-order valence-corrected chi connectivity index (χ2v) is 6.43. The second kappa shape index (κ2) is 10.9. The van der Waals surface area contributed by atoms with E-state index in [0.717, 1.165) is 11.1 Å². The van der Waals surface area contributed by atoms with Crippen LogP contribution in [0, 0.1) is 0 Å². The van der Waals surface area contributed by atoms with Gasteiger partial charge in [-0.3, -0.25) is 4.79 Å². The summed E-state index contributed by atoms with van der Waals surface area (Å²) >= 11 is 5.81. The molecule has 3 N–H and O–H groups in total. The first kappa shape index (κ1) is 21.2. The summed E-state index contributed by atoms with van der Waals surface area (Å²) in [4.78, 5) is 35.4. The van der Waals surface area contributed by atoms with Gasteiger partial charge in [0, 0.05) is 11.4 Å². The molecule has 2 aromatic carbocycles. The number of nitrogens with one attached hydrogen (secondary N) is 1. The fraction of sp³-hybridized carbons (Fsp3) is 0.250. The molecule has 0 heterocycles. The Bertz CT molecular complexity index is 796. The minimum absolute atomic E-state index is 0.00379. The van der Waals surface area contributed by atoms with Crippen molar-refractivity contribution in [1.82, 2.24) is 5.32 Å². The monoisotopic (exact) mass is 404 g/mol. The fourth-order valence-corrected chi connectivity index (χ4v) is 2.40. The van der Waals surface area contributed by atoms with Crippen LogP contribution in [0.2, 0.25) is 5.02 Å². The van der Waals surface area contributed by atoms with Crippen LogP contribution in [0.4, 0.5) is 4.79 Å². The molecule has 0 spiro atoms. The molecule has 0 fully saturated rings. The summed E-state index contributed by atoms with van der Waals surface area (Å²) in [5.41, 5.74) is 6.67. The van der Waals surface area contributed by atoms with Gasteiger partial charge in [0.1, 0.15) is 19.3 Å². The van der Waals surface area contributed by atoms with Crippen LogP contribution in [0.25, 0.3) is 0 Å². The largest absolute Gasteiger partial charge is 0.459 e. The highest BCUT2D eigenvalue weighted by atomic mass is 35.5. The van der Waals surface area contributed by atoms with Crippen molar-refractivity contribution < 1.29 is 23.9 Å². The second-order valence-electron chi connectivity index (χ2n) is 6.00. The quantitative estimate of drug-likeness (QED) is 0.625. The number of nitrogens with two attached hydrogens (primary N) is 1. The fourth-order valence-electron chi connectivity index (χ4n) is 2.28. The lowest BCUT2D eigenvalue weighted by atomic mass is 10.1. The number of ether oxygens (including phenoxy) is 2. The lowest BCUT2D eigenvalue weighted by Gasteiger charge is -2.17. The molecule has 28 heavy (non-hydrogen) atoms. The molecule has 0 aromatic heterocycles. The number of esters is 1. The van der Waals surface area contributed by atoms with Gasteiger partial charge in [0.25, 0.3) is 0 Å². The highest BCUT2D eigenvalue weighted by Gasteiger charge is 2.23. The van der Waals surface area contributed by atoms with E-state index in [9.17, 15) is 14.4 Å². The SMILES string of the molecule is NC(=O)CC[C@@H](NC(=O)OCc1ccccc1)C(=O)OCc1ccc(Cl)cc1. The Morgan fingerprint density at radius 3 is 2.18 bits per heavy atom. The molecule has 1 atom stereocenters. The van der Waals surface area contributed by atoms with Gasteiger partial charge in [-0.15, -0.1) is 0 Å². The predicted molar refractivity (Wildman–Crippen MR) is 103 cm³/mol. The van der Waals surface area contributed by atoms with Crippen LogP contribution < -0.4 is 11.1 Å². The lowest BCUT2D eigenvalue weighted by molar-refractivity contribution is -0.147. The molecule has 0 aliphatic rings. The maximum Gasteiger partial charge on any atom is 0.408 e. The number of hydrogen-bond acceptors (Lipinski definition) is 5. The van der Waals surface area contributed by atoms with Gasteiger partial charge in [-0.05, 0) is 29.7 Å². The van der Waals surface area contributed by atoms with E-state index in [2.05, 4.69) is 5.32 Å². The summed E-state index contributed by atoms with van der Waals surface area (Å²) in [6, 6.07) is 14.8. The van der Waals surface area contributed by atoms with Crippen LogP contribution in [-0.2, 0) is 32.3 Å². The zero-order chi connectivity index (χ0) is 20.4. The maximum absolute atomic E-state index is 12.3. The van der Waals surface area contributed by atoms with Gasteiger partial charge in [-0.25, -0.2) is 9.59 Å². The predicted octanol–water partition coefficient (Wildman–Crippen LogP) is 2.94. The summed E-state index contributed by atoms with van der Waals surface area (Å²) in [5, 5.41) is 2.99. The van der Waals surface area contributed by atoms with Gasteiger partial charge in [0.05, 0.1) is 0 Å². The molecule has 0 radical (unpaired) electrons. The molecule has 2 rings (SSSR count). The lowest BCUT2D eigenvalue weighted by Crippen LogP contribution is -2.42. The summed E-state index contributed by atoms with van der Waals surface area (Å²) in [7, 11) is 0. The first-order valence-corrected chi connectivity index (χ1v) is 8.98. The number of primary amides is 1. The number of carbonyl (C=O) groups is 3. The molecule has 0 aliphatic carbocycles. The van der Waals surface area contributed by atoms with Gasteiger partial charge in [-0.1, -0.05) is 54.1 Å². The molecule has 148 valence electrons. The molecule has 2 aromatic rings. The minimum atomic E-state index is -1.05. The molecule has 2 amide bonds. The number of hydrogen-bond donors (Lipinski definition) is 2. The molecule has 0 saturated heterocycles. The third-order valence-corrected chi connectivity index (χ3v) is 4.02. The number of rotatable bonds is 9. The Morgan fingerprint density at radius 2 is 1.54 bits per heavy atom. The summed E-state index contributed by atoms with van der Waals surface area (Å²) in [5.74, 6) is -1.28. The Kier molecular flexibility index (Phi) is 8.30. The van der Waals surface area contributed by atoms with Gasteiger partial charge >= 0.3 is 12.1 Å². The first-order valence-electron chi connectivity index (χ1n) is 8.60. The van der Waals surface area contributed by atoms with E-state index >= 15 is 0 Å². The van der Waals surface area contributed by atoms with Crippen LogP contribution in [0.5, 0.6) is 0 Å². The van der Waals surface area contributed by atoms with Gasteiger partial charge in [0.2, 0.25) is 5.91 Å². The summed E-state index contributed by atoms with van der Waals surface area (Å²) in [6.07, 6.45) is -0.865. The van der Waals surface area contributed by atoms with Crippen molar-refractivity contribution in [2.24, 2.45) is 5.73 Å². The van der Waals surface area contributed by atoms with Crippen LogP contribution in [0.15, 0.2) is 54.6 Å². The average molecular weight is 405 g/mol. The molecule has 0 saturated carbocycles. The third-order valence-electron chi connectivity index (χ3n) is 3.76. The van der Waals surface area contributed by atoms with Gasteiger partial charge in [0.15, 0.2) is 0 Å².